The molecular formula is C16H18O2. The Kier molecular flexibility index (Phi) is 3.28. The van der Waals surface area contributed by atoms with E-state index < -0.39 is 0 Å². The van der Waals surface area contributed by atoms with Crippen LogP contribution in [0, 0.1) is 0 Å². The molecule has 0 saturated heterocycles. The van der Waals surface area contributed by atoms with E-state index >= 15 is 0 Å². The lowest BCUT2D eigenvalue weighted by Crippen LogP contribution is -2.23. The third-order valence-electron chi connectivity index (χ3n) is 2.50. The van der Waals surface area contributed by atoms with E-state index in [1.165, 1.54) is 0 Å². The van der Waals surface area contributed by atoms with Crippen LogP contribution >= 0.6 is 0 Å². The second kappa shape index (κ2) is 4.73. The van der Waals surface area contributed by atoms with Crippen molar-refractivity contribution in [2.75, 3.05) is 0 Å². The predicted molar refractivity (Wildman–Crippen MR) is 73.9 cm³/mol. The molecule has 0 saturated carbocycles. The first-order valence-electron chi connectivity index (χ1n) is 6.04. The number of rotatable bonds is 2. The highest BCUT2D eigenvalue weighted by Crippen LogP contribution is 2.38. The minimum absolute atomic E-state index is 0.193. The monoisotopic (exact) mass is 242 g/mol. The summed E-state index contributed by atoms with van der Waals surface area (Å²) in [5.41, 5.74) is 1.44. The summed E-state index contributed by atoms with van der Waals surface area (Å²) in [7, 11) is 0. The lowest BCUT2D eigenvalue weighted by atomic mass is 10.0. The summed E-state index contributed by atoms with van der Waals surface area (Å²) >= 11 is 0. The number of phenolic OH excluding ortho intramolecular Hbond substituents is 1. The van der Waals surface area contributed by atoms with Gasteiger partial charge < -0.3 is 9.84 Å². The number of aromatic hydroxyl groups is 1. The lowest BCUT2D eigenvalue weighted by Gasteiger charge is -2.22. The number of benzene rings is 2. The molecule has 0 atom stereocenters. The number of para-hydroxylation sites is 1. The van der Waals surface area contributed by atoms with Gasteiger partial charge in [-0.1, -0.05) is 42.5 Å². The average molecular weight is 242 g/mol. The second-order valence-corrected chi connectivity index (χ2v) is 5.23. The molecule has 0 radical (unpaired) electrons. The van der Waals surface area contributed by atoms with Gasteiger partial charge in [-0.05, 0) is 32.4 Å². The molecule has 1 N–H and O–H groups in total. The first-order chi connectivity index (χ1) is 8.47. The summed E-state index contributed by atoms with van der Waals surface area (Å²) in [5, 5.41) is 10.3. The van der Waals surface area contributed by atoms with Gasteiger partial charge in [0.15, 0.2) is 11.5 Å². The summed E-state index contributed by atoms with van der Waals surface area (Å²) in [6.07, 6.45) is 0. The largest absolute Gasteiger partial charge is 0.504 e. The fourth-order valence-electron chi connectivity index (χ4n) is 1.79. The Morgan fingerprint density at radius 2 is 1.56 bits per heavy atom. The Bertz CT molecular complexity index is 525. The van der Waals surface area contributed by atoms with E-state index in [9.17, 15) is 5.11 Å². The maximum absolute atomic E-state index is 10.3. The fraction of sp³-hybridized carbons (Fsp3) is 0.250. The number of hydrogen-bond donors (Lipinski definition) is 1. The van der Waals surface area contributed by atoms with Gasteiger partial charge in [0.25, 0.3) is 0 Å². The van der Waals surface area contributed by atoms with Crippen LogP contribution in [0.1, 0.15) is 20.8 Å². The van der Waals surface area contributed by atoms with Crippen molar-refractivity contribution in [2.24, 2.45) is 0 Å². The van der Waals surface area contributed by atoms with Gasteiger partial charge in [-0.25, -0.2) is 0 Å². The van der Waals surface area contributed by atoms with E-state index in [4.69, 9.17) is 4.74 Å². The van der Waals surface area contributed by atoms with Crippen molar-refractivity contribution in [1.29, 1.82) is 0 Å². The Hall–Kier alpha value is -1.96. The Balaban J connectivity index is 2.43. The van der Waals surface area contributed by atoms with Crippen LogP contribution in [-0.4, -0.2) is 10.7 Å². The SMILES string of the molecule is CC(C)(C)Oc1cccc(-c2ccccc2)c1O. The minimum Gasteiger partial charge on any atom is -0.504 e. The van der Waals surface area contributed by atoms with Crippen molar-refractivity contribution in [2.45, 2.75) is 26.4 Å². The third kappa shape index (κ3) is 2.83. The van der Waals surface area contributed by atoms with Gasteiger partial charge >= 0.3 is 0 Å². The Morgan fingerprint density at radius 3 is 2.17 bits per heavy atom. The molecule has 0 heterocycles. The molecule has 0 aliphatic carbocycles. The maximum atomic E-state index is 10.3. The van der Waals surface area contributed by atoms with Crippen LogP contribution < -0.4 is 4.74 Å². The summed E-state index contributed by atoms with van der Waals surface area (Å²) < 4.78 is 5.74. The minimum atomic E-state index is -0.327. The Labute approximate surface area is 108 Å². The molecule has 0 fully saturated rings. The highest BCUT2D eigenvalue weighted by molar-refractivity contribution is 5.73. The third-order valence-corrected chi connectivity index (χ3v) is 2.50. The first-order valence-corrected chi connectivity index (χ1v) is 6.04. The smallest absolute Gasteiger partial charge is 0.165 e. The molecule has 2 aromatic rings. The van der Waals surface area contributed by atoms with Crippen LogP contribution in [0.3, 0.4) is 0 Å². The van der Waals surface area contributed by atoms with Crippen LogP contribution in [0.5, 0.6) is 11.5 Å². The molecule has 94 valence electrons. The number of hydrogen-bond acceptors (Lipinski definition) is 2. The zero-order chi connectivity index (χ0) is 13.2. The molecule has 0 bridgehead atoms. The first kappa shape index (κ1) is 12.5. The molecule has 0 aliphatic rings. The van der Waals surface area contributed by atoms with Crippen molar-refractivity contribution in [3.05, 3.63) is 48.5 Å². The van der Waals surface area contributed by atoms with E-state index in [1.807, 2.05) is 63.2 Å². The molecule has 0 unspecified atom stereocenters. The topological polar surface area (TPSA) is 29.5 Å². The van der Waals surface area contributed by atoms with Gasteiger partial charge in [0, 0.05) is 5.56 Å². The molecular weight excluding hydrogens is 224 g/mol. The van der Waals surface area contributed by atoms with Gasteiger partial charge in [-0.2, -0.15) is 0 Å². The predicted octanol–water partition coefficient (Wildman–Crippen LogP) is 4.24. The summed E-state index contributed by atoms with van der Waals surface area (Å²) in [6, 6.07) is 15.4. The summed E-state index contributed by atoms with van der Waals surface area (Å²) in [4.78, 5) is 0. The molecule has 2 aromatic carbocycles. The van der Waals surface area contributed by atoms with Crippen molar-refractivity contribution in [1.82, 2.24) is 0 Å². The molecule has 2 heteroatoms. The number of phenols is 1. The summed E-state index contributed by atoms with van der Waals surface area (Å²) in [6.45, 7) is 5.88. The van der Waals surface area contributed by atoms with Gasteiger partial charge in [-0.3, -0.25) is 0 Å². The van der Waals surface area contributed by atoms with E-state index in [1.54, 1.807) is 6.07 Å². The molecule has 0 amide bonds. The highest BCUT2D eigenvalue weighted by Gasteiger charge is 2.16. The van der Waals surface area contributed by atoms with E-state index in [2.05, 4.69) is 0 Å². The van der Waals surface area contributed by atoms with E-state index in [-0.39, 0.29) is 11.4 Å². The lowest BCUT2D eigenvalue weighted by molar-refractivity contribution is 0.126. The molecule has 2 rings (SSSR count). The average Bonchev–Trinajstić information content (AvgIpc) is 2.31. The van der Waals surface area contributed by atoms with Crippen molar-refractivity contribution >= 4 is 0 Å². The molecule has 18 heavy (non-hydrogen) atoms. The van der Waals surface area contributed by atoms with Gasteiger partial charge in [0.1, 0.15) is 5.60 Å². The molecule has 0 spiro atoms. The van der Waals surface area contributed by atoms with Gasteiger partial charge in [0.2, 0.25) is 0 Å². The second-order valence-electron chi connectivity index (χ2n) is 5.23. The van der Waals surface area contributed by atoms with Crippen LogP contribution in [0.25, 0.3) is 11.1 Å². The highest BCUT2D eigenvalue weighted by atomic mass is 16.5. The fourth-order valence-corrected chi connectivity index (χ4v) is 1.79. The molecule has 0 aliphatic heterocycles. The molecule has 2 nitrogen and oxygen atoms in total. The van der Waals surface area contributed by atoms with Crippen molar-refractivity contribution < 1.29 is 9.84 Å². The van der Waals surface area contributed by atoms with Gasteiger partial charge in [0.05, 0.1) is 0 Å². The molecule has 0 aromatic heterocycles. The standard InChI is InChI=1S/C16H18O2/c1-16(2,3)18-14-11-7-10-13(15(14)17)12-8-5-4-6-9-12/h4-11,17H,1-3H3. The van der Waals surface area contributed by atoms with Crippen LogP contribution in [-0.2, 0) is 0 Å². The maximum Gasteiger partial charge on any atom is 0.165 e. The van der Waals surface area contributed by atoms with Crippen LogP contribution in [0.15, 0.2) is 48.5 Å². The van der Waals surface area contributed by atoms with Crippen molar-refractivity contribution in [3.8, 4) is 22.6 Å². The van der Waals surface area contributed by atoms with E-state index in [0.717, 1.165) is 11.1 Å². The van der Waals surface area contributed by atoms with Gasteiger partial charge in [-0.15, -0.1) is 0 Å². The zero-order valence-corrected chi connectivity index (χ0v) is 11.0. The van der Waals surface area contributed by atoms with Crippen LogP contribution in [0.4, 0.5) is 0 Å². The quantitative estimate of drug-likeness (QED) is 0.853. The Morgan fingerprint density at radius 1 is 0.889 bits per heavy atom. The normalized spacial score (nSPS) is 11.3. The van der Waals surface area contributed by atoms with E-state index in [0.29, 0.717) is 5.75 Å². The summed E-state index contributed by atoms with van der Waals surface area (Å²) in [5.74, 6) is 0.711. The van der Waals surface area contributed by atoms with Crippen LogP contribution in [0.2, 0.25) is 0 Å². The zero-order valence-electron chi connectivity index (χ0n) is 11.0. The number of ether oxygens (including phenoxy) is 1. The van der Waals surface area contributed by atoms with Crippen molar-refractivity contribution in [3.63, 3.8) is 0 Å².